The van der Waals surface area contributed by atoms with Crippen LogP contribution in [0.5, 0.6) is 0 Å². The summed E-state index contributed by atoms with van der Waals surface area (Å²) in [6.07, 6.45) is 0.440. The van der Waals surface area contributed by atoms with E-state index in [1.54, 1.807) is 30.3 Å². The number of rotatable bonds is 4. The highest BCUT2D eigenvalue weighted by Crippen LogP contribution is 2.17. The van der Waals surface area contributed by atoms with Gasteiger partial charge in [0, 0.05) is 22.0 Å². The van der Waals surface area contributed by atoms with Gasteiger partial charge in [0.05, 0.1) is 11.0 Å². The Bertz CT molecular complexity index is 1200. The third kappa shape index (κ3) is 3.73. The first-order valence-corrected chi connectivity index (χ1v) is 9.26. The van der Waals surface area contributed by atoms with Crippen LogP contribution >= 0.6 is 15.9 Å². The SMILES string of the molecule is O=C(c1ccccc1)c1ccc2nc(Cc3cccc(Br)c3)c(=O)[nH]c2c1. The lowest BCUT2D eigenvalue weighted by Gasteiger charge is -2.06. The molecule has 132 valence electrons. The standard InChI is InChI=1S/C22H15BrN2O2/c23-17-8-4-5-14(11-17)12-20-22(27)25-19-13-16(9-10-18(19)24-20)21(26)15-6-2-1-3-7-15/h1-11,13H,12H2,(H,25,27). The van der Waals surface area contributed by atoms with E-state index in [4.69, 9.17) is 0 Å². The van der Waals surface area contributed by atoms with Crippen LogP contribution in [0, 0.1) is 0 Å². The Morgan fingerprint density at radius 1 is 0.926 bits per heavy atom. The van der Waals surface area contributed by atoms with Crippen molar-refractivity contribution >= 4 is 32.7 Å². The van der Waals surface area contributed by atoms with Crippen molar-refractivity contribution in [2.45, 2.75) is 6.42 Å². The number of fused-ring (bicyclic) bond motifs is 1. The van der Waals surface area contributed by atoms with Crippen LogP contribution in [-0.4, -0.2) is 15.8 Å². The molecule has 1 aromatic heterocycles. The lowest BCUT2D eigenvalue weighted by atomic mass is 10.0. The summed E-state index contributed by atoms with van der Waals surface area (Å²) in [5.41, 5.74) is 3.54. The van der Waals surface area contributed by atoms with E-state index in [2.05, 4.69) is 25.9 Å². The molecule has 5 heteroatoms. The van der Waals surface area contributed by atoms with Crippen LogP contribution in [0.2, 0.25) is 0 Å². The predicted octanol–water partition coefficient (Wildman–Crippen LogP) is 4.51. The topological polar surface area (TPSA) is 62.8 Å². The Labute approximate surface area is 164 Å². The summed E-state index contributed by atoms with van der Waals surface area (Å²) in [5, 5.41) is 0. The second kappa shape index (κ2) is 7.29. The van der Waals surface area contributed by atoms with Crippen LogP contribution in [0.15, 0.2) is 82.1 Å². The number of carbonyl (C=O) groups is 1. The molecule has 0 radical (unpaired) electrons. The molecule has 0 aliphatic heterocycles. The predicted molar refractivity (Wildman–Crippen MR) is 109 cm³/mol. The van der Waals surface area contributed by atoms with Gasteiger partial charge in [0.15, 0.2) is 5.78 Å². The number of hydrogen-bond donors (Lipinski definition) is 1. The van der Waals surface area contributed by atoms with E-state index in [9.17, 15) is 9.59 Å². The lowest BCUT2D eigenvalue weighted by molar-refractivity contribution is 0.103. The Balaban J connectivity index is 1.70. The van der Waals surface area contributed by atoms with Gasteiger partial charge in [0.1, 0.15) is 5.69 Å². The summed E-state index contributed by atoms with van der Waals surface area (Å²) in [7, 11) is 0. The maximum atomic E-state index is 12.6. The summed E-state index contributed by atoms with van der Waals surface area (Å²) < 4.78 is 0.960. The lowest BCUT2D eigenvalue weighted by Crippen LogP contribution is -2.16. The first-order valence-electron chi connectivity index (χ1n) is 8.47. The molecule has 0 unspecified atom stereocenters. The van der Waals surface area contributed by atoms with Gasteiger partial charge in [-0.15, -0.1) is 0 Å². The van der Waals surface area contributed by atoms with Crippen molar-refractivity contribution < 1.29 is 4.79 Å². The molecule has 0 saturated carbocycles. The monoisotopic (exact) mass is 418 g/mol. The largest absolute Gasteiger partial charge is 0.319 e. The number of H-pyrrole nitrogens is 1. The Hall–Kier alpha value is -3.05. The fourth-order valence-electron chi connectivity index (χ4n) is 2.98. The zero-order valence-corrected chi connectivity index (χ0v) is 15.9. The Morgan fingerprint density at radius 2 is 1.74 bits per heavy atom. The van der Waals surface area contributed by atoms with Crippen molar-refractivity contribution in [1.82, 2.24) is 9.97 Å². The minimum absolute atomic E-state index is 0.0865. The quantitative estimate of drug-likeness (QED) is 0.496. The molecule has 0 aliphatic carbocycles. The van der Waals surface area contributed by atoms with E-state index in [1.807, 2.05) is 42.5 Å². The number of carbonyl (C=O) groups excluding carboxylic acids is 1. The molecule has 0 fully saturated rings. The third-order valence-corrected chi connectivity index (χ3v) is 4.81. The number of halogens is 1. The Morgan fingerprint density at radius 3 is 2.52 bits per heavy atom. The number of benzene rings is 3. The molecule has 0 saturated heterocycles. The van der Waals surface area contributed by atoms with Crippen LogP contribution < -0.4 is 5.56 Å². The molecule has 1 heterocycles. The number of nitrogens with one attached hydrogen (secondary N) is 1. The van der Waals surface area contributed by atoms with E-state index in [0.717, 1.165) is 10.0 Å². The van der Waals surface area contributed by atoms with Crippen LogP contribution in [0.1, 0.15) is 27.2 Å². The number of aromatic amines is 1. The molecular formula is C22H15BrN2O2. The average molecular weight is 419 g/mol. The number of aromatic nitrogens is 2. The summed E-state index contributed by atoms with van der Waals surface area (Å²) in [6.45, 7) is 0. The fraction of sp³-hybridized carbons (Fsp3) is 0.0455. The molecule has 0 aliphatic rings. The molecule has 0 spiro atoms. The molecule has 4 aromatic rings. The van der Waals surface area contributed by atoms with Gasteiger partial charge < -0.3 is 4.98 Å². The van der Waals surface area contributed by atoms with Gasteiger partial charge in [-0.1, -0.05) is 58.4 Å². The molecule has 0 bridgehead atoms. The molecule has 27 heavy (non-hydrogen) atoms. The number of hydrogen-bond acceptors (Lipinski definition) is 3. The minimum Gasteiger partial charge on any atom is -0.319 e. The second-order valence-corrected chi connectivity index (χ2v) is 7.16. The van der Waals surface area contributed by atoms with Gasteiger partial charge in [0.2, 0.25) is 0 Å². The van der Waals surface area contributed by atoms with Crippen molar-refractivity contribution in [3.63, 3.8) is 0 Å². The van der Waals surface area contributed by atoms with E-state index in [0.29, 0.717) is 34.3 Å². The van der Waals surface area contributed by atoms with Crippen LogP contribution in [0.3, 0.4) is 0 Å². The normalized spacial score (nSPS) is 10.9. The first-order chi connectivity index (χ1) is 13.1. The van der Waals surface area contributed by atoms with Gasteiger partial charge in [-0.2, -0.15) is 0 Å². The van der Waals surface area contributed by atoms with E-state index < -0.39 is 0 Å². The molecule has 4 rings (SSSR count). The van der Waals surface area contributed by atoms with Crippen LogP contribution in [-0.2, 0) is 6.42 Å². The third-order valence-electron chi connectivity index (χ3n) is 4.32. The van der Waals surface area contributed by atoms with Crippen molar-refractivity contribution in [3.05, 3.63) is 110 Å². The minimum atomic E-state index is -0.244. The highest BCUT2D eigenvalue weighted by Gasteiger charge is 2.11. The smallest absolute Gasteiger partial charge is 0.270 e. The van der Waals surface area contributed by atoms with E-state index in [1.165, 1.54) is 0 Å². The molecule has 4 nitrogen and oxygen atoms in total. The van der Waals surface area contributed by atoms with Crippen LogP contribution in [0.25, 0.3) is 11.0 Å². The summed E-state index contributed by atoms with van der Waals surface area (Å²) in [6, 6.07) is 22.0. The number of nitrogens with zero attached hydrogens (tertiary/aromatic N) is 1. The van der Waals surface area contributed by atoms with Gasteiger partial charge in [-0.3, -0.25) is 9.59 Å². The average Bonchev–Trinajstić information content (AvgIpc) is 2.68. The van der Waals surface area contributed by atoms with Gasteiger partial charge >= 0.3 is 0 Å². The first kappa shape index (κ1) is 17.4. The van der Waals surface area contributed by atoms with Crippen LogP contribution in [0.4, 0.5) is 0 Å². The number of ketones is 1. The zero-order chi connectivity index (χ0) is 18.8. The Kier molecular flexibility index (Phi) is 4.69. The molecule has 3 aromatic carbocycles. The molecular weight excluding hydrogens is 404 g/mol. The van der Waals surface area contributed by atoms with Crippen molar-refractivity contribution in [3.8, 4) is 0 Å². The summed E-state index contributed by atoms with van der Waals surface area (Å²) in [4.78, 5) is 32.4. The van der Waals surface area contributed by atoms with Gasteiger partial charge in [0.25, 0.3) is 5.56 Å². The maximum Gasteiger partial charge on any atom is 0.270 e. The summed E-state index contributed by atoms with van der Waals surface area (Å²) in [5.74, 6) is -0.0865. The van der Waals surface area contributed by atoms with Crippen molar-refractivity contribution in [2.24, 2.45) is 0 Å². The fourth-order valence-corrected chi connectivity index (χ4v) is 3.43. The van der Waals surface area contributed by atoms with E-state index in [-0.39, 0.29) is 11.3 Å². The van der Waals surface area contributed by atoms with E-state index >= 15 is 0 Å². The second-order valence-electron chi connectivity index (χ2n) is 6.25. The zero-order valence-electron chi connectivity index (χ0n) is 14.3. The molecule has 1 N–H and O–H groups in total. The van der Waals surface area contributed by atoms with Gasteiger partial charge in [-0.05, 0) is 35.9 Å². The van der Waals surface area contributed by atoms with Gasteiger partial charge in [-0.25, -0.2) is 4.98 Å². The molecule has 0 amide bonds. The van der Waals surface area contributed by atoms with Crippen molar-refractivity contribution in [2.75, 3.05) is 0 Å². The highest BCUT2D eigenvalue weighted by atomic mass is 79.9. The summed E-state index contributed by atoms with van der Waals surface area (Å²) >= 11 is 3.44. The highest BCUT2D eigenvalue weighted by molar-refractivity contribution is 9.10. The van der Waals surface area contributed by atoms with Crippen molar-refractivity contribution in [1.29, 1.82) is 0 Å². The molecule has 0 atom stereocenters. The maximum absolute atomic E-state index is 12.6.